The van der Waals surface area contributed by atoms with Gasteiger partial charge in [0.2, 0.25) is 5.91 Å². The fourth-order valence-corrected chi connectivity index (χ4v) is 3.71. The average molecular weight is 375 g/mol. The third kappa shape index (κ3) is 4.14. The van der Waals surface area contributed by atoms with Crippen molar-refractivity contribution in [1.82, 2.24) is 25.1 Å². The molecule has 0 N–H and O–H groups in total. The number of rotatable bonds is 7. The maximum atomic E-state index is 13.5. The minimum Gasteiger partial charge on any atom is -0.377 e. The predicted octanol–water partition coefficient (Wildman–Crippen LogP) is 1.04. The summed E-state index contributed by atoms with van der Waals surface area (Å²) in [5.74, 6) is 0.164. The van der Waals surface area contributed by atoms with Crippen LogP contribution in [0.3, 0.4) is 0 Å². The highest BCUT2D eigenvalue weighted by Crippen LogP contribution is 2.39. The van der Waals surface area contributed by atoms with Crippen molar-refractivity contribution in [2.24, 2.45) is 5.92 Å². The summed E-state index contributed by atoms with van der Waals surface area (Å²) in [5.41, 5.74) is 0.360. The van der Waals surface area contributed by atoms with Crippen LogP contribution in [0.5, 0.6) is 0 Å². The number of likely N-dealkylation sites (tertiary alicyclic amines) is 1. The van der Waals surface area contributed by atoms with Gasteiger partial charge in [0.05, 0.1) is 26.3 Å². The van der Waals surface area contributed by atoms with E-state index >= 15 is 0 Å². The molecule has 1 amide bonds. The molecule has 1 aromatic heterocycles. The van der Waals surface area contributed by atoms with Crippen molar-refractivity contribution in [1.29, 1.82) is 0 Å². The smallest absolute Gasteiger partial charge is 0.244 e. The molecule has 3 heterocycles. The van der Waals surface area contributed by atoms with Crippen molar-refractivity contribution < 1.29 is 18.7 Å². The molecular formula is C18H22FN5O3. The Morgan fingerprint density at radius 3 is 3.00 bits per heavy atom. The van der Waals surface area contributed by atoms with Gasteiger partial charge in [-0.3, -0.25) is 4.79 Å². The SMILES string of the molecule is O=C(Cn1cnnn1)N1CC2(CC(CCOCc3ccccc3F)CO2)C1. The van der Waals surface area contributed by atoms with Gasteiger partial charge in [-0.15, -0.1) is 5.10 Å². The molecule has 2 fully saturated rings. The van der Waals surface area contributed by atoms with E-state index in [1.54, 1.807) is 23.1 Å². The van der Waals surface area contributed by atoms with Gasteiger partial charge in [0.25, 0.3) is 0 Å². The summed E-state index contributed by atoms with van der Waals surface area (Å²) in [4.78, 5) is 14.0. The van der Waals surface area contributed by atoms with Crippen molar-refractivity contribution in [3.05, 3.63) is 42.0 Å². The number of halogens is 1. The number of amides is 1. The summed E-state index contributed by atoms with van der Waals surface area (Å²) in [5, 5.41) is 10.8. The van der Waals surface area contributed by atoms with E-state index in [-0.39, 0.29) is 30.5 Å². The molecule has 1 spiro atoms. The van der Waals surface area contributed by atoms with Crippen LogP contribution in [0.2, 0.25) is 0 Å². The molecule has 2 aromatic rings. The zero-order valence-corrected chi connectivity index (χ0v) is 15.0. The first-order chi connectivity index (χ1) is 13.1. The van der Waals surface area contributed by atoms with Crippen molar-refractivity contribution in [2.45, 2.75) is 31.6 Å². The van der Waals surface area contributed by atoms with Crippen molar-refractivity contribution in [2.75, 3.05) is 26.3 Å². The van der Waals surface area contributed by atoms with E-state index < -0.39 is 0 Å². The fourth-order valence-electron chi connectivity index (χ4n) is 3.71. The summed E-state index contributed by atoms with van der Waals surface area (Å²) in [6.45, 7) is 2.90. The maximum Gasteiger partial charge on any atom is 0.244 e. The van der Waals surface area contributed by atoms with Gasteiger partial charge >= 0.3 is 0 Å². The average Bonchev–Trinajstić information content (AvgIpc) is 3.28. The second-order valence-electron chi connectivity index (χ2n) is 7.25. The van der Waals surface area contributed by atoms with Crippen LogP contribution in [0.4, 0.5) is 4.39 Å². The number of benzene rings is 1. The Morgan fingerprint density at radius 1 is 1.37 bits per heavy atom. The molecule has 9 heteroatoms. The van der Waals surface area contributed by atoms with Gasteiger partial charge in [-0.1, -0.05) is 18.2 Å². The van der Waals surface area contributed by atoms with Gasteiger partial charge in [-0.25, -0.2) is 9.07 Å². The van der Waals surface area contributed by atoms with Crippen molar-refractivity contribution >= 4 is 5.91 Å². The number of carbonyl (C=O) groups is 1. The number of aromatic nitrogens is 4. The van der Waals surface area contributed by atoms with Crippen LogP contribution in [-0.4, -0.2) is 62.9 Å². The maximum absolute atomic E-state index is 13.5. The predicted molar refractivity (Wildman–Crippen MR) is 91.9 cm³/mol. The van der Waals surface area contributed by atoms with Crippen molar-refractivity contribution in [3.8, 4) is 0 Å². The van der Waals surface area contributed by atoms with Gasteiger partial charge in [0, 0.05) is 12.2 Å². The second kappa shape index (κ2) is 7.69. The lowest BCUT2D eigenvalue weighted by Gasteiger charge is -2.47. The van der Waals surface area contributed by atoms with Crippen LogP contribution in [0, 0.1) is 11.7 Å². The van der Waals surface area contributed by atoms with Gasteiger partial charge in [-0.2, -0.15) is 0 Å². The number of tetrazole rings is 1. The van der Waals surface area contributed by atoms with Gasteiger partial charge in [-0.05, 0) is 35.3 Å². The standard InChI is InChI=1S/C18H22FN5O3/c19-16-4-2-1-3-15(16)10-26-6-5-14-7-18(27-9-14)11-23(12-18)17(25)8-24-13-20-21-22-24/h1-4,13-14H,5-12H2. The first-order valence-electron chi connectivity index (χ1n) is 9.07. The molecule has 1 aromatic carbocycles. The molecule has 8 nitrogen and oxygen atoms in total. The summed E-state index contributed by atoms with van der Waals surface area (Å²) in [6, 6.07) is 6.65. The van der Waals surface area contributed by atoms with E-state index in [1.165, 1.54) is 17.1 Å². The molecule has 0 saturated carbocycles. The molecule has 0 bridgehead atoms. The Kier molecular flexibility index (Phi) is 5.13. The molecule has 1 atom stereocenters. The molecule has 2 saturated heterocycles. The zero-order valence-electron chi connectivity index (χ0n) is 15.0. The molecule has 1 unspecified atom stereocenters. The van der Waals surface area contributed by atoms with Crippen LogP contribution in [0.1, 0.15) is 18.4 Å². The molecule has 2 aliphatic heterocycles. The molecular weight excluding hydrogens is 353 g/mol. The van der Waals surface area contributed by atoms with Gasteiger partial charge < -0.3 is 14.4 Å². The van der Waals surface area contributed by atoms with E-state index in [0.29, 0.717) is 37.8 Å². The summed E-state index contributed by atoms with van der Waals surface area (Å²) >= 11 is 0. The Labute approximate surface area is 156 Å². The number of hydrogen-bond acceptors (Lipinski definition) is 6. The number of hydrogen-bond donors (Lipinski definition) is 0. The third-order valence-corrected chi connectivity index (χ3v) is 5.17. The Balaban J connectivity index is 1.16. The third-order valence-electron chi connectivity index (χ3n) is 5.17. The lowest BCUT2D eigenvalue weighted by Crippen LogP contribution is -2.63. The number of carbonyl (C=O) groups excluding carboxylic acids is 1. The lowest BCUT2D eigenvalue weighted by atomic mass is 9.86. The fraction of sp³-hybridized carbons (Fsp3) is 0.556. The van der Waals surface area contributed by atoms with Crippen LogP contribution in [0.15, 0.2) is 30.6 Å². The van der Waals surface area contributed by atoms with E-state index in [0.717, 1.165) is 12.8 Å². The molecule has 27 heavy (non-hydrogen) atoms. The van der Waals surface area contributed by atoms with Gasteiger partial charge in [0.15, 0.2) is 0 Å². The van der Waals surface area contributed by atoms with E-state index in [1.807, 2.05) is 0 Å². The number of ether oxygens (including phenoxy) is 2. The van der Waals surface area contributed by atoms with Crippen molar-refractivity contribution in [3.63, 3.8) is 0 Å². The topological polar surface area (TPSA) is 82.4 Å². The Hall–Kier alpha value is -2.39. The minimum atomic E-state index is -0.235. The first-order valence-corrected chi connectivity index (χ1v) is 9.07. The first kappa shape index (κ1) is 18.0. The summed E-state index contributed by atoms with van der Waals surface area (Å²) < 4.78 is 26.6. The van der Waals surface area contributed by atoms with E-state index in [9.17, 15) is 9.18 Å². The Bertz CT molecular complexity index is 779. The molecule has 0 aliphatic carbocycles. The summed E-state index contributed by atoms with van der Waals surface area (Å²) in [7, 11) is 0. The second-order valence-corrected chi connectivity index (χ2v) is 7.25. The highest BCUT2D eigenvalue weighted by Gasteiger charge is 2.50. The quantitative estimate of drug-likeness (QED) is 0.673. The highest BCUT2D eigenvalue weighted by molar-refractivity contribution is 5.77. The van der Waals surface area contributed by atoms with Crippen LogP contribution < -0.4 is 0 Å². The highest BCUT2D eigenvalue weighted by atomic mass is 19.1. The van der Waals surface area contributed by atoms with E-state index in [2.05, 4.69) is 15.5 Å². The largest absolute Gasteiger partial charge is 0.377 e. The van der Waals surface area contributed by atoms with Gasteiger partial charge in [0.1, 0.15) is 24.3 Å². The van der Waals surface area contributed by atoms with Crippen LogP contribution in [-0.2, 0) is 27.4 Å². The minimum absolute atomic E-state index is 0.00630. The molecule has 2 aliphatic rings. The monoisotopic (exact) mass is 375 g/mol. The molecule has 0 radical (unpaired) electrons. The van der Waals surface area contributed by atoms with E-state index in [4.69, 9.17) is 9.47 Å². The lowest BCUT2D eigenvalue weighted by molar-refractivity contribution is -0.158. The molecule has 144 valence electrons. The van der Waals surface area contributed by atoms with Crippen LogP contribution >= 0.6 is 0 Å². The number of nitrogens with zero attached hydrogens (tertiary/aromatic N) is 5. The zero-order chi connectivity index (χ0) is 18.7. The Morgan fingerprint density at radius 2 is 2.22 bits per heavy atom. The normalized spacial score (nSPS) is 20.8. The summed E-state index contributed by atoms with van der Waals surface area (Å²) in [6.07, 6.45) is 3.22. The van der Waals surface area contributed by atoms with Crippen LogP contribution in [0.25, 0.3) is 0 Å². The molecule has 4 rings (SSSR count).